The molecule has 92 valence electrons. The Morgan fingerprint density at radius 1 is 1.28 bits per heavy atom. The van der Waals surface area contributed by atoms with Gasteiger partial charge in [-0.25, -0.2) is 0 Å². The van der Waals surface area contributed by atoms with Crippen molar-refractivity contribution in [1.29, 1.82) is 0 Å². The first-order chi connectivity index (χ1) is 8.75. The van der Waals surface area contributed by atoms with Crippen molar-refractivity contribution in [3.8, 4) is 0 Å². The van der Waals surface area contributed by atoms with Crippen LogP contribution in [0.5, 0.6) is 0 Å². The van der Waals surface area contributed by atoms with Gasteiger partial charge in [-0.05, 0) is 18.6 Å². The molecule has 3 rings (SSSR count). The quantitative estimate of drug-likeness (QED) is 0.879. The lowest BCUT2D eigenvalue weighted by Gasteiger charge is -2.14. The number of rotatable bonds is 2. The summed E-state index contributed by atoms with van der Waals surface area (Å²) in [6.45, 7) is 0.482. The molecule has 0 spiro atoms. The SMILES string of the molecule is O=C(O)C1CCOC1c1ccc2ccccc2n1. The molecule has 2 aromatic rings. The highest BCUT2D eigenvalue weighted by molar-refractivity contribution is 5.78. The average Bonchev–Trinajstić information content (AvgIpc) is 2.87. The van der Waals surface area contributed by atoms with Crippen molar-refractivity contribution in [1.82, 2.24) is 4.98 Å². The second-order valence-corrected chi connectivity index (χ2v) is 4.45. The molecule has 1 aromatic carbocycles. The number of ether oxygens (including phenoxy) is 1. The second kappa shape index (κ2) is 4.38. The number of fused-ring (bicyclic) bond motifs is 1. The van der Waals surface area contributed by atoms with Crippen molar-refractivity contribution in [3.63, 3.8) is 0 Å². The van der Waals surface area contributed by atoms with E-state index >= 15 is 0 Å². The van der Waals surface area contributed by atoms with Gasteiger partial charge < -0.3 is 9.84 Å². The van der Waals surface area contributed by atoms with Crippen LogP contribution < -0.4 is 0 Å². The van der Waals surface area contributed by atoms with Crippen molar-refractivity contribution in [3.05, 3.63) is 42.1 Å². The third kappa shape index (κ3) is 1.84. The van der Waals surface area contributed by atoms with Crippen LogP contribution in [0.15, 0.2) is 36.4 Å². The molecule has 0 bridgehead atoms. The number of aromatic nitrogens is 1. The molecule has 1 N–H and O–H groups in total. The number of carboxylic acids is 1. The predicted molar refractivity (Wildman–Crippen MR) is 66.2 cm³/mol. The van der Waals surface area contributed by atoms with Gasteiger partial charge in [0.15, 0.2) is 0 Å². The number of carbonyl (C=O) groups is 1. The van der Waals surface area contributed by atoms with Crippen molar-refractivity contribution in [2.75, 3.05) is 6.61 Å². The average molecular weight is 243 g/mol. The summed E-state index contributed by atoms with van der Waals surface area (Å²) < 4.78 is 5.52. The standard InChI is InChI=1S/C14H13NO3/c16-14(17)10-7-8-18-13(10)12-6-5-9-3-1-2-4-11(9)15-12/h1-6,10,13H,7-8H2,(H,16,17). The Hall–Kier alpha value is -1.94. The topological polar surface area (TPSA) is 59.4 Å². The monoisotopic (exact) mass is 243 g/mol. The third-order valence-electron chi connectivity index (χ3n) is 3.32. The van der Waals surface area contributed by atoms with Crippen molar-refractivity contribution >= 4 is 16.9 Å². The van der Waals surface area contributed by atoms with E-state index in [-0.39, 0.29) is 0 Å². The molecule has 2 heterocycles. The number of carboxylic acid groups (broad SMARTS) is 1. The fraction of sp³-hybridized carbons (Fsp3) is 0.286. The van der Waals surface area contributed by atoms with E-state index in [1.54, 1.807) is 0 Å². The number of hydrogen-bond acceptors (Lipinski definition) is 3. The molecule has 0 radical (unpaired) electrons. The van der Waals surface area contributed by atoms with E-state index in [0.29, 0.717) is 18.7 Å². The van der Waals surface area contributed by atoms with Crippen LogP contribution in [0.25, 0.3) is 10.9 Å². The van der Waals surface area contributed by atoms with Crippen molar-refractivity contribution in [2.45, 2.75) is 12.5 Å². The summed E-state index contributed by atoms with van der Waals surface area (Å²) in [5, 5.41) is 10.2. The minimum atomic E-state index is -0.813. The molecule has 2 unspecified atom stereocenters. The minimum Gasteiger partial charge on any atom is -0.481 e. The van der Waals surface area contributed by atoms with Gasteiger partial charge in [-0.15, -0.1) is 0 Å². The lowest BCUT2D eigenvalue weighted by atomic mass is 9.98. The van der Waals surface area contributed by atoms with Crippen LogP contribution >= 0.6 is 0 Å². The van der Waals surface area contributed by atoms with Crippen LogP contribution in [0.4, 0.5) is 0 Å². The molecular weight excluding hydrogens is 230 g/mol. The number of benzene rings is 1. The Labute approximate surface area is 104 Å². The summed E-state index contributed by atoms with van der Waals surface area (Å²) in [6.07, 6.45) is 0.126. The molecule has 4 nitrogen and oxygen atoms in total. The molecule has 1 aliphatic heterocycles. The summed E-state index contributed by atoms with van der Waals surface area (Å²) >= 11 is 0. The maximum absolute atomic E-state index is 11.1. The maximum atomic E-state index is 11.1. The van der Waals surface area contributed by atoms with Crippen molar-refractivity contribution in [2.24, 2.45) is 5.92 Å². The van der Waals surface area contributed by atoms with E-state index in [4.69, 9.17) is 9.84 Å². The van der Waals surface area contributed by atoms with Gasteiger partial charge in [-0.1, -0.05) is 24.3 Å². The van der Waals surface area contributed by atoms with Gasteiger partial charge in [-0.2, -0.15) is 0 Å². The maximum Gasteiger partial charge on any atom is 0.309 e. The van der Waals surface area contributed by atoms with E-state index in [1.165, 1.54) is 0 Å². The first kappa shape index (κ1) is 11.2. The second-order valence-electron chi connectivity index (χ2n) is 4.45. The zero-order valence-electron chi connectivity index (χ0n) is 9.74. The van der Waals surface area contributed by atoms with E-state index in [2.05, 4.69) is 4.98 Å². The number of pyridine rings is 1. The highest BCUT2D eigenvalue weighted by Crippen LogP contribution is 2.34. The van der Waals surface area contributed by atoms with Crippen molar-refractivity contribution < 1.29 is 14.6 Å². The smallest absolute Gasteiger partial charge is 0.309 e. The highest BCUT2D eigenvalue weighted by Gasteiger charge is 2.36. The molecule has 4 heteroatoms. The van der Waals surface area contributed by atoms with Gasteiger partial charge in [0.25, 0.3) is 0 Å². The number of para-hydroxylation sites is 1. The largest absolute Gasteiger partial charge is 0.481 e. The molecule has 0 aliphatic carbocycles. The van der Waals surface area contributed by atoms with Crippen LogP contribution in [0.1, 0.15) is 18.2 Å². The normalized spacial score (nSPS) is 23.3. The summed E-state index contributed by atoms with van der Waals surface area (Å²) in [5.41, 5.74) is 1.58. The zero-order chi connectivity index (χ0) is 12.5. The molecule has 0 saturated carbocycles. The van der Waals surface area contributed by atoms with Crippen LogP contribution in [0.3, 0.4) is 0 Å². The van der Waals surface area contributed by atoms with Gasteiger partial charge in [0.2, 0.25) is 0 Å². The van der Waals surface area contributed by atoms with Crippen LogP contribution in [0.2, 0.25) is 0 Å². The first-order valence-corrected chi connectivity index (χ1v) is 5.96. The first-order valence-electron chi connectivity index (χ1n) is 5.96. The molecule has 1 aromatic heterocycles. The molecule has 2 atom stereocenters. The summed E-state index contributed by atoms with van der Waals surface area (Å²) in [7, 11) is 0. The molecule has 1 saturated heterocycles. The van der Waals surface area contributed by atoms with E-state index in [9.17, 15) is 4.79 Å². The lowest BCUT2D eigenvalue weighted by Crippen LogP contribution is -2.18. The Morgan fingerprint density at radius 2 is 2.11 bits per heavy atom. The predicted octanol–water partition coefficient (Wildman–Crippen LogP) is 2.40. The van der Waals surface area contributed by atoms with Crippen LogP contribution in [-0.4, -0.2) is 22.7 Å². The molecule has 1 fully saturated rings. The number of aliphatic carboxylic acids is 1. The minimum absolute atomic E-state index is 0.424. The molecule has 1 aliphatic rings. The van der Waals surface area contributed by atoms with Gasteiger partial charge in [-0.3, -0.25) is 9.78 Å². The van der Waals surface area contributed by atoms with Crippen LogP contribution in [0, 0.1) is 5.92 Å². The van der Waals surface area contributed by atoms with Gasteiger partial charge >= 0.3 is 5.97 Å². The lowest BCUT2D eigenvalue weighted by molar-refractivity contribution is -0.143. The highest BCUT2D eigenvalue weighted by atomic mass is 16.5. The molecule has 0 amide bonds. The fourth-order valence-electron chi connectivity index (χ4n) is 2.37. The Kier molecular flexibility index (Phi) is 2.72. The third-order valence-corrected chi connectivity index (χ3v) is 3.32. The van der Waals surface area contributed by atoms with E-state index in [1.807, 2.05) is 36.4 Å². The molecular formula is C14H13NO3. The van der Waals surface area contributed by atoms with Gasteiger partial charge in [0.05, 0.1) is 17.1 Å². The Morgan fingerprint density at radius 3 is 2.94 bits per heavy atom. The fourth-order valence-corrected chi connectivity index (χ4v) is 2.37. The number of hydrogen-bond donors (Lipinski definition) is 1. The Bertz CT molecular complexity index is 596. The summed E-state index contributed by atoms with van der Waals surface area (Å²) in [5.74, 6) is -1.30. The summed E-state index contributed by atoms with van der Waals surface area (Å²) in [6, 6.07) is 11.6. The van der Waals surface area contributed by atoms with E-state index in [0.717, 1.165) is 10.9 Å². The van der Waals surface area contributed by atoms with E-state index < -0.39 is 18.0 Å². The number of nitrogens with zero attached hydrogens (tertiary/aromatic N) is 1. The van der Waals surface area contributed by atoms with Gasteiger partial charge in [0, 0.05) is 12.0 Å². The Balaban J connectivity index is 2.01. The molecule has 18 heavy (non-hydrogen) atoms. The van der Waals surface area contributed by atoms with Crippen LogP contribution in [-0.2, 0) is 9.53 Å². The van der Waals surface area contributed by atoms with Gasteiger partial charge in [0.1, 0.15) is 6.10 Å². The summed E-state index contributed by atoms with van der Waals surface area (Å²) in [4.78, 5) is 15.6. The zero-order valence-corrected chi connectivity index (χ0v) is 9.74.